The molecule has 1 aromatic carbocycles. The van der Waals surface area contributed by atoms with Gasteiger partial charge in [-0.3, -0.25) is 14.4 Å². The van der Waals surface area contributed by atoms with Crippen molar-refractivity contribution in [2.75, 3.05) is 18.1 Å². The normalized spacial score (nSPS) is 26.4. The van der Waals surface area contributed by atoms with Crippen molar-refractivity contribution in [3.8, 4) is 0 Å². The van der Waals surface area contributed by atoms with E-state index in [1.165, 1.54) is 20.8 Å². The number of fused-ring (bicyclic) bond motifs is 1. The third-order valence-corrected chi connectivity index (χ3v) is 4.99. The molecule has 4 atom stereocenters. The molecule has 0 aromatic heterocycles. The van der Waals surface area contributed by atoms with E-state index in [0.717, 1.165) is 11.3 Å². The quantitative estimate of drug-likeness (QED) is 0.547. The van der Waals surface area contributed by atoms with Gasteiger partial charge >= 0.3 is 17.9 Å². The average molecular weight is 412 g/mol. The SMILES string of the molecule is CC(=O)O[C@@H]1[C@@H](OC(C)=O)[C@H](OC(C)=O)CO[C@H]1N1CCc2c(Cl)cccc21. The van der Waals surface area contributed by atoms with Gasteiger partial charge in [0, 0.05) is 38.0 Å². The zero-order valence-electron chi connectivity index (χ0n) is 15.8. The Morgan fingerprint density at radius 3 is 2.32 bits per heavy atom. The number of benzene rings is 1. The standard InChI is InChI=1S/C19H22ClNO7/c1-10(22)26-16-9-25-19(18(28-12(3)24)17(16)27-11(2)23)21-8-7-13-14(20)5-4-6-15(13)21/h4-6,16-19H,7-9H2,1-3H3/t16-,17+,18-,19-/m1/s1. The van der Waals surface area contributed by atoms with Crippen LogP contribution in [0.5, 0.6) is 0 Å². The Morgan fingerprint density at radius 1 is 1.04 bits per heavy atom. The van der Waals surface area contributed by atoms with Crippen molar-refractivity contribution >= 4 is 35.2 Å². The maximum Gasteiger partial charge on any atom is 0.303 e. The van der Waals surface area contributed by atoms with Crippen molar-refractivity contribution < 1.29 is 33.3 Å². The van der Waals surface area contributed by atoms with Gasteiger partial charge in [-0.05, 0) is 24.1 Å². The van der Waals surface area contributed by atoms with E-state index in [9.17, 15) is 14.4 Å². The highest BCUT2D eigenvalue weighted by molar-refractivity contribution is 6.31. The van der Waals surface area contributed by atoms with Crippen molar-refractivity contribution in [3.63, 3.8) is 0 Å². The van der Waals surface area contributed by atoms with Gasteiger partial charge in [-0.1, -0.05) is 17.7 Å². The summed E-state index contributed by atoms with van der Waals surface area (Å²) in [6, 6.07) is 5.54. The van der Waals surface area contributed by atoms with Crippen molar-refractivity contribution in [1.82, 2.24) is 0 Å². The molecule has 152 valence electrons. The average Bonchev–Trinajstić information content (AvgIpc) is 3.02. The number of nitrogens with zero attached hydrogens (tertiary/aromatic N) is 1. The molecule has 0 aliphatic carbocycles. The Kier molecular flexibility index (Phi) is 6.10. The summed E-state index contributed by atoms with van der Waals surface area (Å²) in [6.45, 7) is 4.33. The number of esters is 3. The fourth-order valence-electron chi connectivity index (χ4n) is 3.67. The van der Waals surface area contributed by atoms with Gasteiger partial charge in [-0.15, -0.1) is 0 Å². The van der Waals surface area contributed by atoms with Gasteiger partial charge in [0.1, 0.15) is 0 Å². The Bertz CT molecular complexity index is 784. The van der Waals surface area contributed by atoms with E-state index in [-0.39, 0.29) is 6.61 Å². The highest BCUT2D eigenvalue weighted by atomic mass is 35.5. The molecule has 2 aliphatic rings. The maximum absolute atomic E-state index is 11.8. The van der Waals surface area contributed by atoms with Gasteiger partial charge in [0.25, 0.3) is 0 Å². The third-order valence-electron chi connectivity index (χ3n) is 4.64. The van der Waals surface area contributed by atoms with E-state index < -0.39 is 42.4 Å². The summed E-state index contributed by atoms with van der Waals surface area (Å²) in [5, 5.41) is 0.647. The number of rotatable bonds is 4. The number of halogens is 1. The van der Waals surface area contributed by atoms with Crippen LogP contribution in [0.4, 0.5) is 5.69 Å². The van der Waals surface area contributed by atoms with Crippen LogP contribution in [-0.4, -0.2) is 55.6 Å². The van der Waals surface area contributed by atoms with Crippen LogP contribution < -0.4 is 4.90 Å². The molecule has 0 radical (unpaired) electrons. The van der Waals surface area contributed by atoms with Crippen LogP contribution in [0.2, 0.25) is 5.02 Å². The first-order chi connectivity index (χ1) is 13.3. The molecule has 0 spiro atoms. The van der Waals surface area contributed by atoms with E-state index in [4.69, 9.17) is 30.5 Å². The van der Waals surface area contributed by atoms with Crippen LogP contribution >= 0.6 is 11.6 Å². The minimum atomic E-state index is -0.993. The Morgan fingerprint density at radius 2 is 1.68 bits per heavy atom. The number of anilines is 1. The van der Waals surface area contributed by atoms with Crippen LogP contribution in [0.1, 0.15) is 26.3 Å². The molecule has 8 nitrogen and oxygen atoms in total. The first-order valence-electron chi connectivity index (χ1n) is 8.95. The summed E-state index contributed by atoms with van der Waals surface area (Å²) in [5.74, 6) is -1.70. The summed E-state index contributed by atoms with van der Waals surface area (Å²) >= 11 is 6.29. The van der Waals surface area contributed by atoms with Crippen molar-refractivity contribution in [2.24, 2.45) is 0 Å². The van der Waals surface area contributed by atoms with Gasteiger partial charge in [-0.25, -0.2) is 0 Å². The second-order valence-electron chi connectivity index (χ2n) is 6.70. The maximum atomic E-state index is 11.8. The summed E-state index contributed by atoms with van der Waals surface area (Å²) in [4.78, 5) is 36.8. The van der Waals surface area contributed by atoms with Crippen LogP contribution in [0.3, 0.4) is 0 Å². The van der Waals surface area contributed by atoms with Crippen LogP contribution in [-0.2, 0) is 39.8 Å². The Hall–Kier alpha value is -2.32. The van der Waals surface area contributed by atoms with Gasteiger partial charge in [-0.2, -0.15) is 0 Å². The molecule has 2 heterocycles. The second kappa shape index (κ2) is 8.36. The predicted molar refractivity (Wildman–Crippen MR) is 98.9 cm³/mol. The molecule has 0 saturated carbocycles. The summed E-state index contributed by atoms with van der Waals surface area (Å²) in [7, 11) is 0. The Balaban J connectivity index is 1.95. The molecular weight excluding hydrogens is 390 g/mol. The predicted octanol–water partition coefficient (Wildman–Crippen LogP) is 1.85. The third kappa shape index (κ3) is 4.23. The fraction of sp³-hybridized carbons (Fsp3) is 0.526. The topological polar surface area (TPSA) is 91.4 Å². The van der Waals surface area contributed by atoms with Gasteiger partial charge in [0.05, 0.1) is 6.61 Å². The first-order valence-corrected chi connectivity index (χ1v) is 9.33. The number of hydrogen-bond donors (Lipinski definition) is 0. The lowest BCUT2D eigenvalue weighted by Crippen LogP contribution is -2.62. The minimum absolute atomic E-state index is 0.00758. The number of carbonyl (C=O) groups excluding carboxylic acids is 3. The molecule has 9 heteroatoms. The molecule has 0 N–H and O–H groups in total. The molecule has 1 saturated heterocycles. The zero-order valence-corrected chi connectivity index (χ0v) is 16.6. The lowest BCUT2D eigenvalue weighted by atomic mass is 10.0. The van der Waals surface area contributed by atoms with Gasteiger partial charge < -0.3 is 23.8 Å². The molecule has 28 heavy (non-hydrogen) atoms. The number of hydrogen-bond acceptors (Lipinski definition) is 8. The lowest BCUT2D eigenvalue weighted by molar-refractivity contribution is -0.225. The molecule has 0 bridgehead atoms. The van der Waals surface area contributed by atoms with Gasteiger partial charge in [0.2, 0.25) is 0 Å². The van der Waals surface area contributed by atoms with E-state index in [1.807, 2.05) is 23.1 Å². The molecule has 1 aromatic rings. The highest BCUT2D eigenvalue weighted by Crippen LogP contribution is 2.38. The van der Waals surface area contributed by atoms with Crippen molar-refractivity contribution in [2.45, 2.75) is 51.7 Å². The van der Waals surface area contributed by atoms with E-state index in [1.54, 1.807) is 0 Å². The second-order valence-corrected chi connectivity index (χ2v) is 7.11. The van der Waals surface area contributed by atoms with Gasteiger partial charge in [0.15, 0.2) is 24.5 Å². The summed E-state index contributed by atoms with van der Waals surface area (Å²) < 4.78 is 22.1. The van der Waals surface area contributed by atoms with Crippen LogP contribution in [0.15, 0.2) is 18.2 Å². The van der Waals surface area contributed by atoms with Crippen LogP contribution in [0.25, 0.3) is 0 Å². The summed E-state index contributed by atoms with van der Waals surface area (Å²) in [5.41, 5.74) is 1.84. The molecule has 2 aliphatic heterocycles. The molecular formula is C19H22ClNO7. The monoisotopic (exact) mass is 411 g/mol. The van der Waals surface area contributed by atoms with Crippen molar-refractivity contribution in [1.29, 1.82) is 0 Å². The van der Waals surface area contributed by atoms with E-state index >= 15 is 0 Å². The smallest absolute Gasteiger partial charge is 0.303 e. The van der Waals surface area contributed by atoms with Crippen molar-refractivity contribution in [3.05, 3.63) is 28.8 Å². The van der Waals surface area contributed by atoms with E-state index in [0.29, 0.717) is 18.0 Å². The largest absolute Gasteiger partial charge is 0.456 e. The van der Waals surface area contributed by atoms with Crippen LogP contribution in [0, 0.1) is 0 Å². The number of ether oxygens (including phenoxy) is 4. The zero-order chi connectivity index (χ0) is 20.4. The molecule has 0 unspecified atom stereocenters. The first kappa shape index (κ1) is 20.4. The van der Waals surface area contributed by atoms with E-state index in [2.05, 4.69) is 0 Å². The Labute approximate surface area is 167 Å². The molecule has 3 rings (SSSR count). The molecule has 0 amide bonds. The lowest BCUT2D eigenvalue weighted by Gasteiger charge is -2.44. The number of carbonyl (C=O) groups is 3. The highest BCUT2D eigenvalue weighted by Gasteiger charge is 2.50. The fourth-order valence-corrected chi connectivity index (χ4v) is 3.93. The molecule has 1 fully saturated rings. The minimum Gasteiger partial charge on any atom is -0.456 e. The summed E-state index contributed by atoms with van der Waals surface area (Å²) in [6.07, 6.45) is -2.88.